The molecule has 0 spiro atoms. The Bertz CT molecular complexity index is 675. The number of hydrogen-bond acceptors (Lipinski definition) is 2. The van der Waals surface area contributed by atoms with E-state index in [0.717, 1.165) is 0 Å². The summed E-state index contributed by atoms with van der Waals surface area (Å²) >= 11 is 5.73. The van der Waals surface area contributed by atoms with Crippen molar-refractivity contribution in [2.75, 3.05) is 0 Å². The highest BCUT2D eigenvalue weighted by Crippen LogP contribution is 2.19. The zero-order valence-electron chi connectivity index (χ0n) is 10.7. The second-order valence-electron chi connectivity index (χ2n) is 4.99. The topological polar surface area (TPSA) is 46.7 Å². The summed E-state index contributed by atoms with van der Waals surface area (Å²) in [6.07, 6.45) is 4.11. The monoisotopic (exact) mass is 301 g/mol. The second kappa shape index (κ2) is 5.02. The number of halogens is 2. The van der Waals surface area contributed by atoms with Crippen LogP contribution < -0.4 is 0 Å². The van der Waals surface area contributed by atoms with Crippen molar-refractivity contribution < 1.29 is 8.60 Å². The van der Waals surface area contributed by atoms with Gasteiger partial charge in [0.05, 0.1) is 21.5 Å². The van der Waals surface area contributed by atoms with Crippen LogP contribution in [0, 0.1) is 5.82 Å². The fourth-order valence-electron chi connectivity index (χ4n) is 1.36. The van der Waals surface area contributed by atoms with E-state index in [1.807, 2.05) is 20.8 Å². The van der Waals surface area contributed by atoms with E-state index in [4.69, 9.17) is 11.6 Å². The molecular weight excluding hydrogens is 289 g/mol. The molecule has 0 aliphatic rings. The van der Waals surface area contributed by atoms with Crippen molar-refractivity contribution in [2.24, 2.45) is 4.40 Å². The number of rotatable bonds is 2. The van der Waals surface area contributed by atoms with Gasteiger partial charge in [0.15, 0.2) is 5.82 Å². The first kappa shape index (κ1) is 14.1. The van der Waals surface area contributed by atoms with Crippen LogP contribution in [0.2, 0.25) is 5.02 Å². The van der Waals surface area contributed by atoms with Gasteiger partial charge in [0, 0.05) is 6.20 Å². The van der Waals surface area contributed by atoms with E-state index in [1.54, 1.807) is 0 Å². The molecule has 0 bridgehead atoms. The van der Waals surface area contributed by atoms with E-state index >= 15 is 0 Å². The lowest BCUT2D eigenvalue weighted by Gasteiger charge is -2.12. The van der Waals surface area contributed by atoms with E-state index in [0.29, 0.717) is 11.2 Å². The maximum absolute atomic E-state index is 13.3. The molecular formula is C12H13ClFN3OS. The lowest BCUT2D eigenvalue weighted by Crippen LogP contribution is -2.19. The Morgan fingerprint density at radius 3 is 2.84 bits per heavy atom. The van der Waals surface area contributed by atoms with Crippen LogP contribution in [0.4, 0.5) is 4.39 Å². The number of pyridine rings is 1. The molecule has 0 fully saturated rings. The minimum atomic E-state index is -1.36. The quantitative estimate of drug-likeness (QED) is 0.801. The second-order valence-corrected chi connectivity index (χ2v) is 7.33. The van der Waals surface area contributed by atoms with Crippen LogP contribution in [0.25, 0.3) is 5.52 Å². The summed E-state index contributed by atoms with van der Waals surface area (Å²) in [6, 6.07) is 1.46. The Kier molecular flexibility index (Phi) is 3.73. The predicted octanol–water partition coefficient (Wildman–Crippen LogP) is 3.01. The summed E-state index contributed by atoms with van der Waals surface area (Å²) in [5.74, 6) is -0.520. The molecule has 0 saturated carbocycles. The number of aromatic nitrogens is 2. The summed E-state index contributed by atoms with van der Waals surface area (Å²) in [4.78, 5) is 4.09. The molecule has 2 aromatic heterocycles. The van der Waals surface area contributed by atoms with Crippen LogP contribution in [-0.4, -0.2) is 24.6 Å². The van der Waals surface area contributed by atoms with Gasteiger partial charge in [-0.2, -0.15) is 4.40 Å². The van der Waals surface area contributed by atoms with Gasteiger partial charge in [-0.1, -0.05) is 11.6 Å². The predicted molar refractivity (Wildman–Crippen MR) is 75.6 cm³/mol. The average molecular weight is 302 g/mol. The molecule has 2 heterocycles. The Morgan fingerprint density at radius 2 is 2.21 bits per heavy atom. The molecule has 2 rings (SSSR count). The van der Waals surface area contributed by atoms with Gasteiger partial charge in [0.25, 0.3) is 0 Å². The highest BCUT2D eigenvalue weighted by atomic mass is 35.5. The molecule has 19 heavy (non-hydrogen) atoms. The standard InChI is InChI=1S/C12H13ClFN3OS/c1-12(2,3)19(18)16-5-10-11-4-8(13)9(14)6-17(11)7-15-10/h4-7H,1-3H3/b16-5+. The van der Waals surface area contributed by atoms with Gasteiger partial charge >= 0.3 is 0 Å². The molecule has 0 aliphatic carbocycles. The summed E-state index contributed by atoms with van der Waals surface area (Å²) in [6.45, 7) is 5.49. The Hall–Kier alpha value is -1.27. The van der Waals surface area contributed by atoms with Crippen molar-refractivity contribution in [1.82, 2.24) is 9.38 Å². The summed E-state index contributed by atoms with van der Waals surface area (Å²) < 4.78 is 30.1. The van der Waals surface area contributed by atoms with Gasteiger partial charge < -0.3 is 4.40 Å². The molecule has 2 aromatic rings. The van der Waals surface area contributed by atoms with Gasteiger partial charge in [-0.25, -0.2) is 13.6 Å². The Morgan fingerprint density at radius 1 is 1.53 bits per heavy atom. The number of imidazole rings is 1. The molecule has 0 N–H and O–H groups in total. The number of fused-ring (bicyclic) bond motifs is 1. The third kappa shape index (κ3) is 3.01. The van der Waals surface area contributed by atoms with Gasteiger partial charge in [0.2, 0.25) is 0 Å². The highest BCUT2D eigenvalue weighted by molar-refractivity contribution is 7.85. The van der Waals surface area contributed by atoms with Gasteiger partial charge in [0.1, 0.15) is 23.0 Å². The van der Waals surface area contributed by atoms with Crippen LogP contribution in [0.1, 0.15) is 26.5 Å². The van der Waals surface area contributed by atoms with E-state index in [9.17, 15) is 8.60 Å². The highest BCUT2D eigenvalue weighted by Gasteiger charge is 2.18. The van der Waals surface area contributed by atoms with Crippen LogP contribution in [0.15, 0.2) is 23.0 Å². The number of nitrogens with zero attached hydrogens (tertiary/aromatic N) is 3. The van der Waals surface area contributed by atoms with Crippen LogP contribution in [-0.2, 0) is 11.0 Å². The molecule has 0 aromatic carbocycles. The zero-order valence-corrected chi connectivity index (χ0v) is 12.3. The largest absolute Gasteiger partial charge is 0.303 e. The maximum atomic E-state index is 13.3. The summed E-state index contributed by atoms with van der Waals surface area (Å²) in [7, 11) is -1.36. The first-order valence-corrected chi connectivity index (χ1v) is 7.05. The van der Waals surface area contributed by atoms with E-state index in [-0.39, 0.29) is 5.02 Å². The average Bonchev–Trinajstić information content (AvgIpc) is 2.68. The van der Waals surface area contributed by atoms with Crippen molar-refractivity contribution in [2.45, 2.75) is 25.5 Å². The van der Waals surface area contributed by atoms with Crippen LogP contribution in [0.5, 0.6) is 0 Å². The molecule has 4 nitrogen and oxygen atoms in total. The third-order valence-corrected chi connectivity index (χ3v) is 4.03. The summed E-state index contributed by atoms with van der Waals surface area (Å²) in [5.41, 5.74) is 1.11. The smallest absolute Gasteiger partial charge is 0.158 e. The Balaban J connectivity index is 2.39. The maximum Gasteiger partial charge on any atom is 0.158 e. The van der Waals surface area contributed by atoms with E-state index in [1.165, 1.54) is 29.2 Å². The normalized spacial score (nSPS) is 14.4. The lowest BCUT2D eigenvalue weighted by atomic mass is 10.3. The minimum absolute atomic E-state index is 0.0135. The molecule has 0 saturated heterocycles. The minimum Gasteiger partial charge on any atom is -0.303 e. The van der Waals surface area contributed by atoms with Gasteiger partial charge in [-0.3, -0.25) is 0 Å². The van der Waals surface area contributed by atoms with Crippen molar-refractivity contribution in [3.05, 3.63) is 35.1 Å². The molecule has 0 radical (unpaired) electrons. The lowest BCUT2D eigenvalue weighted by molar-refractivity contribution is 0.619. The van der Waals surface area contributed by atoms with Crippen LogP contribution in [0.3, 0.4) is 0 Å². The fraction of sp³-hybridized carbons (Fsp3) is 0.333. The molecule has 7 heteroatoms. The molecule has 102 valence electrons. The van der Waals surface area contributed by atoms with E-state index < -0.39 is 21.5 Å². The molecule has 0 aliphatic heterocycles. The number of hydrogen-bond donors (Lipinski definition) is 0. The SMILES string of the molecule is CC(C)(C)S(=O)/N=C/c1ncn2cc(F)c(Cl)cc12. The molecule has 1 unspecified atom stereocenters. The van der Waals surface area contributed by atoms with Gasteiger partial charge in [-0.15, -0.1) is 0 Å². The van der Waals surface area contributed by atoms with Crippen molar-refractivity contribution in [3.8, 4) is 0 Å². The third-order valence-electron chi connectivity index (χ3n) is 2.40. The van der Waals surface area contributed by atoms with Crippen molar-refractivity contribution in [3.63, 3.8) is 0 Å². The molecule has 1 atom stereocenters. The van der Waals surface area contributed by atoms with Crippen LogP contribution >= 0.6 is 11.6 Å². The Labute approximate surface area is 117 Å². The zero-order chi connectivity index (χ0) is 14.2. The van der Waals surface area contributed by atoms with Crippen molar-refractivity contribution >= 4 is 34.3 Å². The van der Waals surface area contributed by atoms with Gasteiger partial charge in [-0.05, 0) is 26.8 Å². The fourth-order valence-corrected chi connectivity index (χ4v) is 2.03. The first-order valence-electron chi connectivity index (χ1n) is 5.57. The van der Waals surface area contributed by atoms with E-state index in [2.05, 4.69) is 9.38 Å². The van der Waals surface area contributed by atoms with Crippen molar-refractivity contribution in [1.29, 1.82) is 0 Å². The summed E-state index contributed by atoms with van der Waals surface area (Å²) in [5, 5.41) is 0.0135. The molecule has 0 amide bonds. The first-order chi connectivity index (χ1) is 8.79.